The number of urea groups is 1. The second-order valence-corrected chi connectivity index (χ2v) is 6.88. The largest absolute Gasteiger partial charge is 0.508 e. The van der Waals surface area contributed by atoms with Gasteiger partial charge in [-0.25, -0.2) is 4.79 Å². The van der Waals surface area contributed by atoms with Gasteiger partial charge >= 0.3 is 6.03 Å². The SMILES string of the molecule is C[C@H](Cc1ccc(O)cc1)NC(=O)N1CCOC2(CCCC2)C1. The van der Waals surface area contributed by atoms with Crippen molar-refractivity contribution in [1.29, 1.82) is 0 Å². The van der Waals surface area contributed by atoms with Gasteiger partial charge in [-0.05, 0) is 43.9 Å². The molecule has 2 amide bonds. The lowest BCUT2D eigenvalue weighted by molar-refractivity contribution is -0.0927. The van der Waals surface area contributed by atoms with Crippen LogP contribution in [0.15, 0.2) is 24.3 Å². The van der Waals surface area contributed by atoms with Gasteiger partial charge in [0, 0.05) is 12.6 Å². The molecule has 126 valence electrons. The topological polar surface area (TPSA) is 61.8 Å². The van der Waals surface area contributed by atoms with Crippen LogP contribution >= 0.6 is 0 Å². The van der Waals surface area contributed by atoms with E-state index in [1.54, 1.807) is 12.1 Å². The molecule has 1 aliphatic heterocycles. The Bertz CT molecular complexity index is 538. The number of phenolic OH excluding ortho intramolecular Hbond substituents is 1. The molecule has 1 aromatic carbocycles. The summed E-state index contributed by atoms with van der Waals surface area (Å²) in [5.41, 5.74) is 1.01. The summed E-state index contributed by atoms with van der Waals surface area (Å²) in [7, 11) is 0. The van der Waals surface area contributed by atoms with Gasteiger partial charge in [0.2, 0.25) is 0 Å². The van der Waals surface area contributed by atoms with Crippen LogP contribution < -0.4 is 5.32 Å². The number of carbonyl (C=O) groups excluding carboxylic acids is 1. The number of amides is 2. The molecule has 1 aliphatic carbocycles. The maximum absolute atomic E-state index is 12.5. The molecule has 1 atom stereocenters. The van der Waals surface area contributed by atoms with Crippen LogP contribution in [0.2, 0.25) is 0 Å². The van der Waals surface area contributed by atoms with Crippen LogP contribution in [-0.2, 0) is 11.2 Å². The molecular weight excluding hydrogens is 292 g/mol. The van der Waals surface area contributed by atoms with E-state index >= 15 is 0 Å². The lowest BCUT2D eigenvalue weighted by Crippen LogP contribution is -2.56. The monoisotopic (exact) mass is 318 g/mol. The molecule has 1 spiro atoms. The smallest absolute Gasteiger partial charge is 0.317 e. The van der Waals surface area contributed by atoms with E-state index in [-0.39, 0.29) is 23.4 Å². The lowest BCUT2D eigenvalue weighted by atomic mass is 10.00. The second-order valence-electron chi connectivity index (χ2n) is 6.88. The van der Waals surface area contributed by atoms with E-state index in [2.05, 4.69) is 5.32 Å². The first-order valence-corrected chi connectivity index (χ1v) is 8.54. The van der Waals surface area contributed by atoms with Crippen molar-refractivity contribution in [3.63, 3.8) is 0 Å². The van der Waals surface area contributed by atoms with Crippen LogP contribution in [0.4, 0.5) is 4.79 Å². The molecule has 5 nitrogen and oxygen atoms in total. The molecule has 2 aliphatic rings. The number of phenols is 1. The summed E-state index contributed by atoms with van der Waals surface area (Å²) >= 11 is 0. The van der Waals surface area contributed by atoms with Crippen LogP contribution in [0.1, 0.15) is 38.2 Å². The fourth-order valence-electron chi connectivity index (χ4n) is 3.68. The molecule has 0 unspecified atom stereocenters. The number of ether oxygens (including phenoxy) is 1. The standard InChI is InChI=1S/C18H26N2O3/c1-14(12-15-4-6-16(21)7-5-15)19-17(22)20-10-11-23-18(13-20)8-2-3-9-18/h4-7,14,21H,2-3,8-13H2,1H3,(H,19,22)/t14-/m1/s1. The van der Waals surface area contributed by atoms with E-state index in [0.717, 1.165) is 24.8 Å². The molecular formula is C18H26N2O3. The van der Waals surface area contributed by atoms with Crippen molar-refractivity contribution in [2.75, 3.05) is 19.7 Å². The Morgan fingerprint density at radius 3 is 2.74 bits per heavy atom. The molecule has 1 saturated heterocycles. The first-order chi connectivity index (χ1) is 11.1. The van der Waals surface area contributed by atoms with Crippen molar-refractivity contribution in [2.24, 2.45) is 0 Å². The van der Waals surface area contributed by atoms with Gasteiger partial charge in [0.1, 0.15) is 5.75 Å². The summed E-state index contributed by atoms with van der Waals surface area (Å²) in [5.74, 6) is 0.264. The van der Waals surface area contributed by atoms with Crippen molar-refractivity contribution >= 4 is 6.03 Å². The van der Waals surface area contributed by atoms with Gasteiger partial charge < -0.3 is 20.1 Å². The predicted octanol–water partition coefficient (Wildman–Crippen LogP) is 2.68. The third-order valence-electron chi connectivity index (χ3n) is 4.90. The van der Waals surface area contributed by atoms with E-state index in [1.165, 1.54) is 12.8 Å². The van der Waals surface area contributed by atoms with Crippen LogP contribution in [0, 0.1) is 0 Å². The number of benzene rings is 1. The maximum Gasteiger partial charge on any atom is 0.317 e. The zero-order valence-electron chi connectivity index (χ0n) is 13.8. The van der Waals surface area contributed by atoms with Gasteiger partial charge in [0.05, 0.1) is 18.8 Å². The Kier molecular flexibility index (Phi) is 4.76. The van der Waals surface area contributed by atoms with Gasteiger partial charge in [-0.15, -0.1) is 0 Å². The number of aromatic hydroxyl groups is 1. The van der Waals surface area contributed by atoms with Crippen LogP contribution in [0.3, 0.4) is 0 Å². The molecule has 1 saturated carbocycles. The van der Waals surface area contributed by atoms with Gasteiger partial charge in [-0.2, -0.15) is 0 Å². The minimum atomic E-state index is -0.0875. The van der Waals surface area contributed by atoms with Crippen molar-refractivity contribution in [1.82, 2.24) is 10.2 Å². The number of hydrogen-bond acceptors (Lipinski definition) is 3. The fraction of sp³-hybridized carbons (Fsp3) is 0.611. The first kappa shape index (κ1) is 16.1. The van der Waals surface area contributed by atoms with Crippen LogP contribution in [0.5, 0.6) is 5.75 Å². The van der Waals surface area contributed by atoms with Gasteiger partial charge in [0.25, 0.3) is 0 Å². The van der Waals surface area contributed by atoms with Gasteiger partial charge in [0.15, 0.2) is 0 Å². The van der Waals surface area contributed by atoms with E-state index in [9.17, 15) is 9.90 Å². The van der Waals surface area contributed by atoms with Crippen molar-refractivity contribution in [3.05, 3.63) is 29.8 Å². The Hall–Kier alpha value is -1.75. The Balaban J connectivity index is 1.52. The highest BCUT2D eigenvalue weighted by atomic mass is 16.5. The number of hydrogen-bond donors (Lipinski definition) is 2. The Morgan fingerprint density at radius 2 is 2.04 bits per heavy atom. The molecule has 23 heavy (non-hydrogen) atoms. The molecule has 0 aromatic heterocycles. The highest BCUT2D eigenvalue weighted by Gasteiger charge is 2.40. The third-order valence-corrected chi connectivity index (χ3v) is 4.90. The highest BCUT2D eigenvalue weighted by molar-refractivity contribution is 5.74. The normalized spacial score (nSPS) is 21.3. The third kappa shape index (κ3) is 3.96. The second kappa shape index (κ2) is 6.79. The molecule has 0 radical (unpaired) electrons. The summed E-state index contributed by atoms with van der Waals surface area (Å²) in [6.07, 6.45) is 5.29. The van der Waals surface area contributed by atoms with Crippen molar-refractivity contribution in [3.8, 4) is 5.75 Å². The van der Waals surface area contributed by atoms with E-state index in [1.807, 2.05) is 24.0 Å². The van der Waals surface area contributed by atoms with E-state index < -0.39 is 0 Å². The summed E-state index contributed by atoms with van der Waals surface area (Å²) < 4.78 is 5.97. The number of morpholine rings is 1. The molecule has 1 heterocycles. The zero-order chi connectivity index (χ0) is 16.3. The zero-order valence-corrected chi connectivity index (χ0v) is 13.8. The molecule has 0 bridgehead atoms. The fourth-order valence-corrected chi connectivity index (χ4v) is 3.68. The minimum absolute atomic E-state index is 0.00542. The minimum Gasteiger partial charge on any atom is -0.508 e. The van der Waals surface area contributed by atoms with Gasteiger partial charge in [-0.3, -0.25) is 0 Å². The predicted molar refractivity (Wildman–Crippen MR) is 88.5 cm³/mol. The Morgan fingerprint density at radius 1 is 1.35 bits per heavy atom. The number of nitrogens with zero attached hydrogens (tertiary/aromatic N) is 1. The van der Waals surface area contributed by atoms with E-state index in [0.29, 0.717) is 19.7 Å². The van der Waals surface area contributed by atoms with Crippen molar-refractivity contribution in [2.45, 2.75) is 50.7 Å². The molecule has 3 rings (SSSR count). The molecule has 2 N–H and O–H groups in total. The van der Waals surface area contributed by atoms with Crippen molar-refractivity contribution < 1.29 is 14.6 Å². The molecule has 1 aromatic rings. The lowest BCUT2D eigenvalue weighted by Gasteiger charge is -2.40. The van der Waals surface area contributed by atoms with E-state index in [4.69, 9.17) is 4.74 Å². The number of nitrogens with one attached hydrogen (secondary N) is 1. The van der Waals surface area contributed by atoms with Crippen LogP contribution in [-0.4, -0.2) is 47.4 Å². The Labute approximate surface area is 137 Å². The highest BCUT2D eigenvalue weighted by Crippen LogP contribution is 2.35. The van der Waals surface area contributed by atoms with Crippen LogP contribution in [0.25, 0.3) is 0 Å². The van der Waals surface area contributed by atoms with Gasteiger partial charge in [-0.1, -0.05) is 25.0 Å². The quantitative estimate of drug-likeness (QED) is 0.901. The summed E-state index contributed by atoms with van der Waals surface area (Å²) in [4.78, 5) is 14.4. The maximum atomic E-state index is 12.5. The number of rotatable bonds is 3. The average molecular weight is 318 g/mol. The molecule has 5 heteroatoms. The summed E-state index contributed by atoms with van der Waals surface area (Å²) in [6.45, 7) is 4.03. The first-order valence-electron chi connectivity index (χ1n) is 8.54. The average Bonchev–Trinajstić information content (AvgIpc) is 2.97. The number of carbonyl (C=O) groups is 1. The molecule has 2 fully saturated rings. The summed E-state index contributed by atoms with van der Waals surface area (Å²) in [6, 6.07) is 7.19. The summed E-state index contributed by atoms with van der Waals surface area (Å²) in [5, 5.41) is 12.4.